The average Bonchev–Trinajstić information content (AvgIpc) is 2.69. The quantitative estimate of drug-likeness (QED) is 0.667. The molecule has 146 valence electrons. The van der Waals surface area contributed by atoms with E-state index in [0.29, 0.717) is 0 Å². The number of hydrogen-bond acceptors (Lipinski definition) is 4. The van der Waals surface area contributed by atoms with Crippen LogP contribution in [0, 0.1) is 12.8 Å². The van der Waals surface area contributed by atoms with E-state index in [1.54, 1.807) is 0 Å². The molecule has 0 amide bonds. The number of piperidine rings is 1. The van der Waals surface area contributed by atoms with Gasteiger partial charge in [0.05, 0.1) is 0 Å². The third-order valence-electron chi connectivity index (χ3n) is 5.40. The van der Waals surface area contributed by atoms with Gasteiger partial charge >= 0.3 is 0 Å². The van der Waals surface area contributed by atoms with Crippen LogP contribution in [0.15, 0.2) is 36.4 Å². The van der Waals surface area contributed by atoms with E-state index in [-0.39, 0.29) is 0 Å². The van der Waals surface area contributed by atoms with Crippen molar-refractivity contribution in [2.75, 3.05) is 36.0 Å². The Bertz CT molecular complexity index is 687. The van der Waals surface area contributed by atoms with Crippen molar-refractivity contribution in [3.63, 3.8) is 0 Å². The second kappa shape index (κ2) is 9.72. The summed E-state index contributed by atoms with van der Waals surface area (Å²) in [6.45, 7) is 10.8. The Morgan fingerprint density at radius 3 is 2.30 bits per heavy atom. The van der Waals surface area contributed by atoms with Crippen molar-refractivity contribution in [3.05, 3.63) is 47.7 Å². The zero-order valence-electron chi connectivity index (χ0n) is 17.2. The summed E-state index contributed by atoms with van der Waals surface area (Å²) < 4.78 is 0. The summed E-state index contributed by atoms with van der Waals surface area (Å²) in [5.74, 6) is 2.79. The highest BCUT2D eigenvalue weighted by Crippen LogP contribution is 2.26. The molecule has 2 aromatic rings. The minimum Gasteiger partial charge on any atom is -0.356 e. The molecule has 0 atom stereocenters. The van der Waals surface area contributed by atoms with Crippen molar-refractivity contribution < 1.29 is 0 Å². The summed E-state index contributed by atoms with van der Waals surface area (Å²) in [5, 5.41) is 0. The summed E-state index contributed by atoms with van der Waals surface area (Å²) in [4.78, 5) is 14.5. The molecule has 1 saturated heterocycles. The lowest BCUT2D eigenvalue weighted by Crippen LogP contribution is -2.35. The molecule has 0 bridgehead atoms. The molecule has 1 aliphatic rings. The number of hydrogen-bond donors (Lipinski definition) is 0. The van der Waals surface area contributed by atoms with Crippen LogP contribution in [-0.4, -0.2) is 36.1 Å². The highest BCUT2D eigenvalue weighted by Gasteiger charge is 2.22. The van der Waals surface area contributed by atoms with Gasteiger partial charge in [-0.3, -0.25) is 0 Å². The Balaban J connectivity index is 1.65. The molecule has 1 aromatic carbocycles. The van der Waals surface area contributed by atoms with E-state index in [2.05, 4.69) is 67.0 Å². The third-order valence-corrected chi connectivity index (χ3v) is 5.40. The minimum atomic E-state index is 0.780. The first-order chi connectivity index (χ1) is 13.2. The van der Waals surface area contributed by atoms with E-state index < -0.39 is 0 Å². The van der Waals surface area contributed by atoms with Gasteiger partial charge < -0.3 is 9.80 Å². The smallest absolute Gasteiger partial charge is 0.227 e. The SMILES string of the molecule is CCCN(CCC)c1nc(C)cc(N2CCC(Cc3ccccc3)CC2)n1. The minimum absolute atomic E-state index is 0.780. The topological polar surface area (TPSA) is 32.3 Å². The van der Waals surface area contributed by atoms with Crippen LogP contribution in [-0.2, 0) is 6.42 Å². The van der Waals surface area contributed by atoms with Crippen LogP contribution < -0.4 is 9.80 Å². The van der Waals surface area contributed by atoms with Gasteiger partial charge in [0.2, 0.25) is 5.95 Å². The number of aryl methyl sites for hydroxylation is 1. The fourth-order valence-corrected chi connectivity index (χ4v) is 4.01. The van der Waals surface area contributed by atoms with E-state index in [1.807, 2.05) is 0 Å². The standard InChI is InChI=1S/C23H34N4/c1-4-13-27(14-5-2)23-24-19(3)17-22(25-23)26-15-11-21(12-16-26)18-20-9-7-6-8-10-20/h6-10,17,21H,4-5,11-16,18H2,1-3H3. The van der Waals surface area contributed by atoms with Crippen LogP contribution in [0.25, 0.3) is 0 Å². The Labute approximate surface area is 164 Å². The zero-order chi connectivity index (χ0) is 19.1. The highest BCUT2D eigenvalue weighted by molar-refractivity contribution is 5.46. The number of aromatic nitrogens is 2. The van der Waals surface area contributed by atoms with Gasteiger partial charge in [-0.1, -0.05) is 44.2 Å². The van der Waals surface area contributed by atoms with Crippen LogP contribution in [0.5, 0.6) is 0 Å². The average molecular weight is 367 g/mol. The number of rotatable bonds is 8. The van der Waals surface area contributed by atoms with Crippen molar-refractivity contribution in [2.45, 2.75) is 52.9 Å². The summed E-state index contributed by atoms with van der Waals surface area (Å²) >= 11 is 0. The third kappa shape index (κ3) is 5.44. The van der Waals surface area contributed by atoms with Crippen molar-refractivity contribution in [3.8, 4) is 0 Å². The molecule has 3 rings (SSSR count). The van der Waals surface area contributed by atoms with Gasteiger partial charge in [-0.15, -0.1) is 0 Å². The molecule has 0 radical (unpaired) electrons. The molecule has 0 unspecified atom stereocenters. The Morgan fingerprint density at radius 2 is 1.67 bits per heavy atom. The van der Waals surface area contributed by atoms with Crippen molar-refractivity contribution in [1.82, 2.24) is 9.97 Å². The molecule has 1 fully saturated rings. The molecule has 1 aliphatic heterocycles. The normalized spacial score (nSPS) is 15.1. The van der Waals surface area contributed by atoms with E-state index in [4.69, 9.17) is 9.97 Å². The highest BCUT2D eigenvalue weighted by atomic mass is 15.3. The monoisotopic (exact) mass is 366 g/mol. The van der Waals surface area contributed by atoms with Crippen molar-refractivity contribution in [2.24, 2.45) is 5.92 Å². The van der Waals surface area contributed by atoms with Gasteiger partial charge in [0.15, 0.2) is 0 Å². The zero-order valence-corrected chi connectivity index (χ0v) is 17.2. The van der Waals surface area contributed by atoms with E-state index in [1.165, 1.54) is 24.8 Å². The molecule has 4 nitrogen and oxygen atoms in total. The number of benzene rings is 1. The summed E-state index contributed by atoms with van der Waals surface area (Å²) in [5.41, 5.74) is 2.53. The molecule has 4 heteroatoms. The Hall–Kier alpha value is -2.10. The first-order valence-corrected chi connectivity index (χ1v) is 10.6. The Kier molecular flexibility index (Phi) is 7.08. The van der Waals surface area contributed by atoms with Crippen molar-refractivity contribution >= 4 is 11.8 Å². The first-order valence-electron chi connectivity index (χ1n) is 10.6. The first kappa shape index (κ1) is 19.7. The molecular weight excluding hydrogens is 332 g/mol. The van der Waals surface area contributed by atoms with Gasteiger partial charge in [0.1, 0.15) is 5.82 Å². The van der Waals surface area contributed by atoms with E-state index in [9.17, 15) is 0 Å². The van der Waals surface area contributed by atoms with Gasteiger partial charge in [0, 0.05) is 37.9 Å². The second-order valence-corrected chi connectivity index (χ2v) is 7.77. The van der Waals surface area contributed by atoms with Crippen LogP contribution in [0.4, 0.5) is 11.8 Å². The largest absolute Gasteiger partial charge is 0.356 e. The van der Waals surface area contributed by atoms with E-state index >= 15 is 0 Å². The lowest BCUT2D eigenvalue weighted by atomic mass is 9.90. The summed E-state index contributed by atoms with van der Waals surface area (Å²) in [7, 11) is 0. The lowest BCUT2D eigenvalue weighted by Gasteiger charge is -2.33. The fraction of sp³-hybridized carbons (Fsp3) is 0.565. The van der Waals surface area contributed by atoms with Gasteiger partial charge in [-0.05, 0) is 50.5 Å². The number of anilines is 2. The second-order valence-electron chi connectivity index (χ2n) is 7.77. The molecule has 0 spiro atoms. The summed E-state index contributed by atoms with van der Waals surface area (Å²) in [6.07, 6.45) is 5.92. The van der Waals surface area contributed by atoms with Crippen molar-refractivity contribution in [1.29, 1.82) is 0 Å². The van der Waals surface area contributed by atoms with Gasteiger partial charge in [0.25, 0.3) is 0 Å². The molecule has 0 N–H and O–H groups in total. The van der Waals surface area contributed by atoms with Gasteiger partial charge in [-0.25, -0.2) is 4.98 Å². The molecule has 27 heavy (non-hydrogen) atoms. The van der Waals surface area contributed by atoms with Crippen LogP contribution >= 0.6 is 0 Å². The maximum atomic E-state index is 4.94. The van der Waals surface area contributed by atoms with Crippen LogP contribution in [0.1, 0.15) is 50.8 Å². The predicted octanol–water partition coefficient (Wildman–Crippen LogP) is 4.87. The predicted molar refractivity (Wildman–Crippen MR) is 115 cm³/mol. The maximum Gasteiger partial charge on any atom is 0.227 e. The Morgan fingerprint density at radius 1 is 1.00 bits per heavy atom. The lowest BCUT2D eigenvalue weighted by molar-refractivity contribution is 0.402. The van der Waals surface area contributed by atoms with Crippen LogP contribution in [0.2, 0.25) is 0 Å². The fourth-order valence-electron chi connectivity index (χ4n) is 4.01. The van der Waals surface area contributed by atoms with Gasteiger partial charge in [-0.2, -0.15) is 4.98 Å². The summed E-state index contributed by atoms with van der Waals surface area (Å²) in [6, 6.07) is 13.0. The molecule has 0 saturated carbocycles. The molecular formula is C23H34N4. The molecule has 2 heterocycles. The van der Waals surface area contributed by atoms with E-state index in [0.717, 1.165) is 62.4 Å². The number of nitrogens with zero attached hydrogens (tertiary/aromatic N) is 4. The molecule has 1 aromatic heterocycles. The van der Waals surface area contributed by atoms with Crippen LogP contribution in [0.3, 0.4) is 0 Å². The molecule has 0 aliphatic carbocycles. The maximum absolute atomic E-state index is 4.94.